The van der Waals surface area contributed by atoms with Gasteiger partial charge in [0.1, 0.15) is 0 Å². The van der Waals surface area contributed by atoms with Crippen LogP contribution in [-0.2, 0) is 4.74 Å². The first-order chi connectivity index (χ1) is 10.7. The van der Waals surface area contributed by atoms with Crippen LogP contribution < -0.4 is 5.56 Å². The first kappa shape index (κ1) is 14.5. The Kier molecular flexibility index (Phi) is 3.63. The third-order valence-corrected chi connectivity index (χ3v) is 6.26. The summed E-state index contributed by atoms with van der Waals surface area (Å²) in [5, 5.41) is 0.706. The van der Waals surface area contributed by atoms with E-state index in [0.717, 1.165) is 36.3 Å². The highest BCUT2D eigenvalue weighted by Gasteiger charge is 2.41. The van der Waals surface area contributed by atoms with Crippen molar-refractivity contribution in [3.63, 3.8) is 0 Å². The van der Waals surface area contributed by atoms with E-state index in [2.05, 4.69) is 4.98 Å². The molecule has 2 aromatic rings. The standard InChI is InChI=1S/C16H18N2O2S2/c19-14-12-3-1-2-4-13(12)17-15(21)18(14)11-5-7-20-16(9-11)6-8-22-10-16/h1-4,11H,5-10H2,(H,17,21). The minimum Gasteiger partial charge on any atom is -0.374 e. The topological polar surface area (TPSA) is 47.0 Å². The minimum absolute atomic E-state index is 0.0204. The maximum atomic E-state index is 12.9. The molecule has 1 spiro atoms. The molecule has 0 saturated carbocycles. The van der Waals surface area contributed by atoms with Crippen molar-refractivity contribution in [2.75, 3.05) is 18.1 Å². The van der Waals surface area contributed by atoms with Crippen molar-refractivity contribution in [3.05, 3.63) is 39.4 Å². The summed E-state index contributed by atoms with van der Waals surface area (Å²) < 4.78 is 8.37. The fourth-order valence-electron chi connectivity index (χ4n) is 3.59. The SMILES string of the molecule is O=c1c2ccccc2[nH]c(=S)n1C1CCOC2(CCSC2)C1. The maximum Gasteiger partial charge on any atom is 0.262 e. The molecule has 1 N–H and O–H groups in total. The number of nitrogens with one attached hydrogen (secondary N) is 1. The molecule has 2 fully saturated rings. The Bertz CT molecular complexity index is 821. The van der Waals surface area contributed by atoms with Gasteiger partial charge in [-0.15, -0.1) is 0 Å². The van der Waals surface area contributed by atoms with Crippen LogP contribution in [0.15, 0.2) is 29.1 Å². The van der Waals surface area contributed by atoms with Crippen LogP contribution in [0.25, 0.3) is 10.9 Å². The van der Waals surface area contributed by atoms with E-state index in [1.54, 1.807) is 4.57 Å². The van der Waals surface area contributed by atoms with E-state index in [1.165, 1.54) is 0 Å². The van der Waals surface area contributed by atoms with Gasteiger partial charge in [-0.05, 0) is 49.4 Å². The molecule has 3 heterocycles. The average molecular weight is 334 g/mol. The van der Waals surface area contributed by atoms with Crippen molar-refractivity contribution in [1.82, 2.24) is 9.55 Å². The van der Waals surface area contributed by atoms with Crippen LogP contribution >= 0.6 is 24.0 Å². The summed E-state index contributed by atoms with van der Waals surface area (Å²) in [5.74, 6) is 2.18. The second-order valence-corrected chi connectivity index (χ2v) is 7.62. The number of benzene rings is 1. The summed E-state index contributed by atoms with van der Waals surface area (Å²) in [6, 6.07) is 7.70. The van der Waals surface area contributed by atoms with Crippen molar-refractivity contribution >= 4 is 34.9 Å². The predicted molar refractivity (Wildman–Crippen MR) is 92.3 cm³/mol. The van der Waals surface area contributed by atoms with E-state index in [9.17, 15) is 4.79 Å². The van der Waals surface area contributed by atoms with E-state index in [-0.39, 0.29) is 17.2 Å². The van der Waals surface area contributed by atoms with Crippen molar-refractivity contribution < 1.29 is 4.74 Å². The fraction of sp³-hybridized carbons (Fsp3) is 0.500. The number of aromatic amines is 1. The van der Waals surface area contributed by atoms with E-state index in [4.69, 9.17) is 17.0 Å². The number of H-pyrrole nitrogens is 1. The number of aromatic nitrogens is 2. The van der Waals surface area contributed by atoms with Gasteiger partial charge in [0.15, 0.2) is 4.77 Å². The highest BCUT2D eigenvalue weighted by Crippen LogP contribution is 2.41. The molecule has 4 nitrogen and oxygen atoms in total. The highest BCUT2D eigenvalue weighted by molar-refractivity contribution is 7.99. The first-order valence-corrected chi connectivity index (χ1v) is 9.20. The summed E-state index contributed by atoms with van der Waals surface area (Å²) in [6.45, 7) is 0.708. The lowest BCUT2D eigenvalue weighted by molar-refractivity contribution is -0.0768. The molecule has 116 valence electrons. The molecular formula is C16H18N2O2S2. The molecule has 1 aromatic heterocycles. The first-order valence-electron chi connectivity index (χ1n) is 7.64. The van der Waals surface area contributed by atoms with Gasteiger partial charge < -0.3 is 9.72 Å². The molecule has 1 aromatic carbocycles. The molecule has 2 saturated heterocycles. The average Bonchev–Trinajstić information content (AvgIpc) is 2.95. The Morgan fingerprint density at radius 2 is 2.27 bits per heavy atom. The second kappa shape index (κ2) is 5.51. The summed E-state index contributed by atoms with van der Waals surface area (Å²) in [5.41, 5.74) is 0.777. The smallest absolute Gasteiger partial charge is 0.262 e. The Labute approximate surface area is 137 Å². The summed E-state index contributed by atoms with van der Waals surface area (Å²) in [7, 11) is 0. The van der Waals surface area contributed by atoms with Crippen LogP contribution in [0.4, 0.5) is 0 Å². The van der Waals surface area contributed by atoms with Crippen LogP contribution in [-0.4, -0.2) is 33.3 Å². The van der Waals surface area contributed by atoms with Crippen LogP contribution in [0.3, 0.4) is 0 Å². The number of para-hydroxylation sites is 1. The van der Waals surface area contributed by atoms with Gasteiger partial charge in [-0.2, -0.15) is 11.8 Å². The van der Waals surface area contributed by atoms with Crippen molar-refractivity contribution in [2.45, 2.75) is 30.9 Å². The molecule has 22 heavy (non-hydrogen) atoms. The number of ether oxygens (including phenoxy) is 1. The van der Waals surface area contributed by atoms with E-state index in [0.29, 0.717) is 16.8 Å². The van der Waals surface area contributed by atoms with Gasteiger partial charge in [0.25, 0.3) is 5.56 Å². The molecular weight excluding hydrogens is 316 g/mol. The van der Waals surface area contributed by atoms with Gasteiger partial charge in [-0.3, -0.25) is 9.36 Å². The van der Waals surface area contributed by atoms with Gasteiger partial charge in [0.05, 0.1) is 16.5 Å². The molecule has 2 unspecified atom stereocenters. The van der Waals surface area contributed by atoms with E-state index in [1.807, 2.05) is 36.0 Å². The second-order valence-electron chi connectivity index (χ2n) is 6.13. The Morgan fingerprint density at radius 1 is 1.41 bits per heavy atom. The highest BCUT2D eigenvalue weighted by atomic mass is 32.2. The zero-order valence-electron chi connectivity index (χ0n) is 12.2. The third-order valence-electron chi connectivity index (χ3n) is 4.74. The maximum absolute atomic E-state index is 12.9. The molecule has 2 aliphatic heterocycles. The molecule has 0 bridgehead atoms. The molecule has 2 atom stereocenters. The van der Waals surface area contributed by atoms with Crippen LogP contribution in [0.2, 0.25) is 0 Å². The number of rotatable bonds is 1. The largest absolute Gasteiger partial charge is 0.374 e. The molecule has 0 radical (unpaired) electrons. The van der Waals surface area contributed by atoms with Crippen LogP contribution in [0.1, 0.15) is 25.3 Å². The number of hydrogen-bond donors (Lipinski definition) is 1. The monoisotopic (exact) mass is 334 g/mol. The minimum atomic E-state index is -0.0551. The fourth-order valence-corrected chi connectivity index (χ4v) is 5.31. The lowest BCUT2D eigenvalue weighted by Gasteiger charge is -2.38. The summed E-state index contributed by atoms with van der Waals surface area (Å²) in [4.78, 5) is 16.1. The van der Waals surface area contributed by atoms with Gasteiger partial charge >= 0.3 is 0 Å². The lowest BCUT2D eigenvalue weighted by atomic mass is 9.89. The number of nitrogens with zero attached hydrogens (tertiary/aromatic N) is 1. The zero-order chi connectivity index (χ0) is 15.2. The van der Waals surface area contributed by atoms with Crippen molar-refractivity contribution in [1.29, 1.82) is 0 Å². The molecule has 2 aliphatic rings. The normalized spacial score (nSPS) is 28.5. The summed E-state index contributed by atoms with van der Waals surface area (Å²) in [6.07, 6.45) is 2.81. The van der Waals surface area contributed by atoms with Crippen molar-refractivity contribution in [2.24, 2.45) is 0 Å². The zero-order valence-corrected chi connectivity index (χ0v) is 13.8. The quantitative estimate of drug-likeness (QED) is 0.813. The third kappa shape index (κ3) is 2.33. The molecule has 4 rings (SSSR count). The van der Waals surface area contributed by atoms with Gasteiger partial charge in [-0.25, -0.2) is 0 Å². The van der Waals surface area contributed by atoms with E-state index < -0.39 is 0 Å². The number of fused-ring (bicyclic) bond motifs is 1. The molecule has 0 aliphatic carbocycles. The van der Waals surface area contributed by atoms with Crippen molar-refractivity contribution in [3.8, 4) is 0 Å². The Balaban J connectivity index is 1.80. The molecule has 6 heteroatoms. The Morgan fingerprint density at radius 3 is 3.09 bits per heavy atom. The van der Waals surface area contributed by atoms with Gasteiger partial charge in [0.2, 0.25) is 0 Å². The predicted octanol–water partition coefficient (Wildman–Crippen LogP) is 3.29. The van der Waals surface area contributed by atoms with Gasteiger partial charge in [0, 0.05) is 18.4 Å². The van der Waals surface area contributed by atoms with Crippen LogP contribution in [0, 0.1) is 4.77 Å². The lowest BCUT2D eigenvalue weighted by Crippen LogP contribution is -2.42. The summed E-state index contributed by atoms with van der Waals surface area (Å²) >= 11 is 7.41. The van der Waals surface area contributed by atoms with Crippen LogP contribution in [0.5, 0.6) is 0 Å². The molecule has 0 amide bonds. The van der Waals surface area contributed by atoms with E-state index >= 15 is 0 Å². The number of hydrogen-bond acceptors (Lipinski definition) is 4. The number of thioether (sulfide) groups is 1. The Hall–Kier alpha value is -1.11. The van der Waals surface area contributed by atoms with Gasteiger partial charge in [-0.1, -0.05) is 12.1 Å².